The van der Waals surface area contributed by atoms with Gasteiger partial charge in [-0.2, -0.15) is 13.2 Å². The zero-order valence-corrected chi connectivity index (χ0v) is 10.9. The molecule has 0 unspecified atom stereocenters. The Kier molecular flexibility index (Phi) is 5.75. The quantitative estimate of drug-likeness (QED) is 0.531. The average molecular weight is 307 g/mol. The summed E-state index contributed by atoms with van der Waals surface area (Å²) in [4.78, 5) is 0. The number of hydrogen-bond donors (Lipinski definition) is 0. The van der Waals surface area contributed by atoms with Crippen molar-refractivity contribution in [2.45, 2.75) is 25.4 Å². The predicted octanol–water partition coefficient (Wildman–Crippen LogP) is 4.98. The standard InChI is InChI=1S/C13H14BrF3/c14-10-4-2-1-3-5-11-6-8-12(9-7-11)13(15,16)17/h1-2,6-9H,3-5,10H2. The summed E-state index contributed by atoms with van der Waals surface area (Å²) in [5, 5.41) is 0.934. The zero-order chi connectivity index (χ0) is 12.7. The van der Waals surface area contributed by atoms with Gasteiger partial charge in [0, 0.05) is 5.33 Å². The lowest BCUT2D eigenvalue weighted by atomic mass is 10.1. The van der Waals surface area contributed by atoms with Gasteiger partial charge in [0.15, 0.2) is 0 Å². The highest BCUT2D eigenvalue weighted by Crippen LogP contribution is 2.29. The summed E-state index contributed by atoms with van der Waals surface area (Å²) < 4.78 is 36.9. The molecular weight excluding hydrogens is 293 g/mol. The van der Waals surface area contributed by atoms with E-state index in [4.69, 9.17) is 0 Å². The van der Waals surface area contributed by atoms with Crippen molar-refractivity contribution in [2.24, 2.45) is 0 Å². The monoisotopic (exact) mass is 306 g/mol. The highest BCUT2D eigenvalue weighted by atomic mass is 79.9. The number of benzene rings is 1. The van der Waals surface area contributed by atoms with Crippen molar-refractivity contribution in [3.8, 4) is 0 Å². The number of alkyl halides is 4. The number of allylic oxidation sites excluding steroid dienone is 2. The van der Waals surface area contributed by atoms with Crippen molar-refractivity contribution >= 4 is 15.9 Å². The number of aryl methyl sites for hydroxylation is 1. The van der Waals surface area contributed by atoms with Gasteiger partial charge in [0.1, 0.15) is 0 Å². The molecule has 0 saturated heterocycles. The number of rotatable bonds is 5. The van der Waals surface area contributed by atoms with Crippen LogP contribution in [0.1, 0.15) is 24.0 Å². The molecule has 0 aliphatic carbocycles. The Labute approximate surface area is 108 Å². The van der Waals surface area contributed by atoms with E-state index in [-0.39, 0.29) is 0 Å². The third-order valence-electron chi connectivity index (χ3n) is 2.32. The van der Waals surface area contributed by atoms with E-state index in [1.165, 1.54) is 0 Å². The maximum atomic E-state index is 12.3. The Morgan fingerprint density at radius 3 is 2.12 bits per heavy atom. The van der Waals surface area contributed by atoms with Gasteiger partial charge in [-0.1, -0.05) is 40.2 Å². The van der Waals surface area contributed by atoms with E-state index in [9.17, 15) is 13.2 Å². The minimum Gasteiger partial charge on any atom is -0.166 e. The van der Waals surface area contributed by atoms with Crippen LogP contribution in [0.25, 0.3) is 0 Å². The second-order valence-electron chi connectivity index (χ2n) is 3.68. The lowest BCUT2D eigenvalue weighted by molar-refractivity contribution is -0.137. The molecule has 17 heavy (non-hydrogen) atoms. The predicted molar refractivity (Wildman–Crippen MR) is 67.3 cm³/mol. The summed E-state index contributed by atoms with van der Waals surface area (Å²) in [6.45, 7) is 0. The van der Waals surface area contributed by atoms with Crippen LogP contribution >= 0.6 is 15.9 Å². The second-order valence-corrected chi connectivity index (χ2v) is 4.48. The van der Waals surface area contributed by atoms with E-state index in [1.807, 2.05) is 0 Å². The highest BCUT2D eigenvalue weighted by molar-refractivity contribution is 9.09. The molecule has 0 aliphatic heterocycles. The van der Waals surface area contributed by atoms with E-state index in [0.29, 0.717) is 0 Å². The van der Waals surface area contributed by atoms with Crippen LogP contribution in [-0.2, 0) is 12.6 Å². The van der Waals surface area contributed by atoms with E-state index in [0.717, 1.165) is 42.3 Å². The Bertz CT molecular complexity index is 352. The van der Waals surface area contributed by atoms with Crippen LogP contribution < -0.4 is 0 Å². The maximum absolute atomic E-state index is 12.3. The molecule has 0 heterocycles. The summed E-state index contributed by atoms with van der Waals surface area (Å²) in [5.41, 5.74) is 0.345. The molecule has 1 aromatic rings. The fourth-order valence-electron chi connectivity index (χ4n) is 1.41. The minimum atomic E-state index is -4.24. The maximum Gasteiger partial charge on any atom is 0.416 e. The van der Waals surface area contributed by atoms with Crippen molar-refractivity contribution in [2.75, 3.05) is 5.33 Å². The van der Waals surface area contributed by atoms with Gasteiger partial charge in [-0.15, -0.1) is 0 Å². The topological polar surface area (TPSA) is 0 Å². The molecule has 0 N–H and O–H groups in total. The van der Waals surface area contributed by atoms with Crippen LogP contribution in [0.4, 0.5) is 13.2 Å². The van der Waals surface area contributed by atoms with Gasteiger partial charge in [0.25, 0.3) is 0 Å². The molecule has 1 aromatic carbocycles. The van der Waals surface area contributed by atoms with Crippen molar-refractivity contribution in [1.82, 2.24) is 0 Å². The first-order valence-electron chi connectivity index (χ1n) is 5.41. The molecule has 0 saturated carbocycles. The molecule has 0 amide bonds. The van der Waals surface area contributed by atoms with E-state index < -0.39 is 11.7 Å². The van der Waals surface area contributed by atoms with Crippen LogP contribution in [0.3, 0.4) is 0 Å². The Hall–Kier alpha value is -0.770. The van der Waals surface area contributed by atoms with Crippen molar-refractivity contribution < 1.29 is 13.2 Å². The first-order valence-corrected chi connectivity index (χ1v) is 6.53. The fraction of sp³-hybridized carbons (Fsp3) is 0.385. The zero-order valence-electron chi connectivity index (χ0n) is 9.30. The molecule has 0 fully saturated rings. The molecule has 0 atom stereocenters. The minimum absolute atomic E-state index is 0.587. The first kappa shape index (κ1) is 14.3. The molecule has 0 aliphatic rings. The van der Waals surface area contributed by atoms with Gasteiger partial charge in [0.05, 0.1) is 5.56 Å². The molecule has 0 radical (unpaired) electrons. The lowest BCUT2D eigenvalue weighted by Crippen LogP contribution is -2.04. The normalized spacial score (nSPS) is 12.2. The lowest BCUT2D eigenvalue weighted by Gasteiger charge is -2.06. The Morgan fingerprint density at radius 2 is 1.59 bits per heavy atom. The number of halogens is 4. The van der Waals surface area contributed by atoms with Crippen LogP contribution in [0.2, 0.25) is 0 Å². The SMILES string of the molecule is FC(F)(F)c1ccc(CCC=CCCBr)cc1. The largest absolute Gasteiger partial charge is 0.416 e. The summed E-state index contributed by atoms with van der Waals surface area (Å²) in [5.74, 6) is 0. The van der Waals surface area contributed by atoms with Gasteiger partial charge in [0.2, 0.25) is 0 Å². The van der Waals surface area contributed by atoms with Gasteiger partial charge in [-0.3, -0.25) is 0 Å². The molecule has 0 bridgehead atoms. The van der Waals surface area contributed by atoms with Crippen LogP contribution in [0, 0.1) is 0 Å². The fourth-order valence-corrected chi connectivity index (χ4v) is 1.67. The highest BCUT2D eigenvalue weighted by Gasteiger charge is 2.29. The number of hydrogen-bond acceptors (Lipinski definition) is 0. The van der Waals surface area contributed by atoms with Crippen molar-refractivity contribution in [3.05, 3.63) is 47.5 Å². The molecule has 0 nitrogen and oxygen atoms in total. The molecule has 0 spiro atoms. The smallest absolute Gasteiger partial charge is 0.166 e. The van der Waals surface area contributed by atoms with Crippen LogP contribution in [0.5, 0.6) is 0 Å². The van der Waals surface area contributed by atoms with Gasteiger partial charge < -0.3 is 0 Å². The van der Waals surface area contributed by atoms with Gasteiger partial charge in [-0.25, -0.2) is 0 Å². The first-order chi connectivity index (χ1) is 8.04. The van der Waals surface area contributed by atoms with Crippen LogP contribution in [-0.4, -0.2) is 5.33 Å². The van der Waals surface area contributed by atoms with E-state index in [1.54, 1.807) is 12.1 Å². The van der Waals surface area contributed by atoms with Crippen LogP contribution in [0.15, 0.2) is 36.4 Å². The summed E-state index contributed by atoms with van der Waals surface area (Å²) in [6, 6.07) is 5.36. The van der Waals surface area contributed by atoms with E-state index >= 15 is 0 Å². The van der Waals surface area contributed by atoms with Crippen molar-refractivity contribution in [3.63, 3.8) is 0 Å². The molecular formula is C13H14BrF3. The molecule has 1 rings (SSSR count). The average Bonchev–Trinajstić information content (AvgIpc) is 2.28. The Morgan fingerprint density at radius 1 is 1.00 bits per heavy atom. The third kappa shape index (κ3) is 5.39. The van der Waals surface area contributed by atoms with Crippen molar-refractivity contribution in [1.29, 1.82) is 0 Å². The third-order valence-corrected chi connectivity index (χ3v) is 2.78. The van der Waals surface area contributed by atoms with E-state index in [2.05, 4.69) is 28.1 Å². The molecule has 94 valence electrons. The summed E-state index contributed by atoms with van der Waals surface area (Å²) >= 11 is 3.32. The molecule has 0 aromatic heterocycles. The summed E-state index contributed by atoms with van der Waals surface area (Å²) in [6.07, 6.45) is 2.49. The second kappa shape index (κ2) is 6.84. The Balaban J connectivity index is 2.46. The summed E-state index contributed by atoms with van der Waals surface area (Å²) in [7, 11) is 0. The van der Waals surface area contributed by atoms with Gasteiger partial charge in [-0.05, 0) is 37.0 Å². The van der Waals surface area contributed by atoms with Gasteiger partial charge >= 0.3 is 6.18 Å². The molecule has 4 heteroatoms.